The highest BCUT2D eigenvalue weighted by Gasteiger charge is 2.25. The molecule has 0 heterocycles. The smallest absolute Gasteiger partial charge is 0.123 e. The number of hydrogen-bond acceptors (Lipinski definition) is 3. The fourth-order valence-electron chi connectivity index (χ4n) is 1.55. The molecule has 0 aliphatic rings. The summed E-state index contributed by atoms with van der Waals surface area (Å²) in [5, 5.41) is 0. The van der Waals surface area contributed by atoms with Gasteiger partial charge in [0.05, 0.1) is 14.2 Å². The maximum absolute atomic E-state index is 6.24. The zero-order valence-electron chi connectivity index (χ0n) is 11.1. The molecule has 1 atom stereocenters. The van der Waals surface area contributed by atoms with Gasteiger partial charge in [-0.15, -0.1) is 12.4 Å². The number of benzene rings is 1. The van der Waals surface area contributed by atoms with Crippen molar-refractivity contribution in [2.24, 2.45) is 11.1 Å². The Labute approximate surface area is 110 Å². The Morgan fingerprint density at radius 1 is 1.12 bits per heavy atom. The van der Waals surface area contributed by atoms with Crippen molar-refractivity contribution in [2.45, 2.75) is 26.8 Å². The molecule has 1 aromatic carbocycles. The number of nitrogens with two attached hydrogens (primary N) is 1. The number of rotatable bonds is 3. The van der Waals surface area contributed by atoms with Crippen molar-refractivity contribution in [1.29, 1.82) is 0 Å². The van der Waals surface area contributed by atoms with E-state index in [0.29, 0.717) is 0 Å². The molecule has 17 heavy (non-hydrogen) atoms. The molecule has 1 aromatic rings. The number of halogens is 1. The highest BCUT2D eigenvalue weighted by atomic mass is 35.5. The zero-order chi connectivity index (χ0) is 12.3. The fraction of sp³-hybridized carbons (Fsp3) is 0.538. The summed E-state index contributed by atoms with van der Waals surface area (Å²) < 4.78 is 10.5. The molecule has 0 saturated heterocycles. The van der Waals surface area contributed by atoms with E-state index in [1.54, 1.807) is 14.2 Å². The van der Waals surface area contributed by atoms with E-state index in [-0.39, 0.29) is 23.9 Å². The minimum Gasteiger partial charge on any atom is -0.497 e. The Bertz CT molecular complexity index is 361. The molecule has 0 unspecified atom stereocenters. The first kappa shape index (κ1) is 16.1. The van der Waals surface area contributed by atoms with Gasteiger partial charge < -0.3 is 15.2 Å². The van der Waals surface area contributed by atoms with Gasteiger partial charge in [0.15, 0.2) is 0 Å². The maximum Gasteiger partial charge on any atom is 0.123 e. The highest BCUT2D eigenvalue weighted by molar-refractivity contribution is 5.85. The molecule has 0 aliphatic carbocycles. The van der Waals surface area contributed by atoms with Crippen LogP contribution in [0.3, 0.4) is 0 Å². The molecule has 0 radical (unpaired) electrons. The molecule has 2 N–H and O–H groups in total. The third-order valence-corrected chi connectivity index (χ3v) is 2.70. The van der Waals surface area contributed by atoms with E-state index < -0.39 is 0 Å². The molecule has 0 aliphatic heterocycles. The zero-order valence-corrected chi connectivity index (χ0v) is 11.9. The molecule has 0 amide bonds. The van der Waals surface area contributed by atoms with Crippen LogP contribution in [0.15, 0.2) is 18.2 Å². The molecule has 0 fully saturated rings. The summed E-state index contributed by atoms with van der Waals surface area (Å²) in [5.41, 5.74) is 7.20. The second-order valence-electron chi connectivity index (χ2n) is 4.95. The minimum absolute atomic E-state index is 0. The first-order valence-corrected chi connectivity index (χ1v) is 5.37. The summed E-state index contributed by atoms with van der Waals surface area (Å²) in [4.78, 5) is 0. The predicted octanol–water partition coefficient (Wildman–Crippen LogP) is 3.17. The first-order chi connectivity index (χ1) is 7.40. The lowest BCUT2D eigenvalue weighted by atomic mass is 9.82. The van der Waals surface area contributed by atoms with Crippen molar-refractivity contribution in [3.63, 3.8) is 0 Å². The summed E-state index contributed by atoms with van der Waals surface area (Å²) in [5.74, 6) is 1.61. The predicted molar refractivity (Wildman–Crippen MR) is 73.2 cm³/mol. The van der Waals surface area contributed by atoms with Crippen molar-refractivity contribution < 1.29 is 9.47 Å². The molecule has 0 bridgehead atoms. The largest absolute Gasteiger partial charge is 0.497 e. The van der Waals surface area contributed by atoms with Crippen LogP contribution in [0.5, 0.6) is 11.5 Å². The van der Waals surface area contributed by atoms with Gasteiger partial charge in [0.2, 0.25) is 0 Å². The second-order valence-corrected chi connectivity index (χ2v) is 4.95. The topological polar surface area (TPSA) is 44.5 Å². The molecular weight excluding hydrogens is 238 g/mol. The van der Waals surface area contributed by atoms with Crippen LogP contribution in [-0.4, -0.2) is 14.2 Å². The van der Waals surface area contributed by atoms with E-state index in [2.05, 4.69) is 20.8 Å². The van der Waals surface area contributed by atoms with Crippen molar-refractivity contribution in [2.75, 3.05) is 14.2 Å². The number of ether oxygens (including phenoxy) is 2. The Morgan fingerprint density at radius 2 is 1.71 bits per heavy atom. The van der Waals surface area contributed by atoms with E-state index in [4.69, 9.17) is 15.2 Å². The van der Waals surface area contributed by atoms with Gasteiger partial charge in [-0.05, 0) is 23.6 Å². The van der Waals surface area contributed by atoms with E-state index in [1.165, 1.54) is 0 Å². The van der Waals surface area contributed by atoms with E-state index in [9.17, 15) is 0 Å². The second kappa shape index (κ2) is 6.12. The molecule has 4 heteroatoms. The molecule has 1 rings (SSSR count). The van der Waals surface area contributed by atoms with Gasteiger partial charge in [-0.25, -0.2) is 0 Å². The lowest BCUT2D eigenvalue weighted by molar-refractivity contribution is 0.312. The fourth-order valence-corrected chi connectivity index (χ4v) is 1.55. The van der Waals surface area contributed by atoms with Gasteiger partial charge in [0.25, 0.3) is 0 Å². The monoisotopic (exact) mass is 259 g/mol. The Morgan fingerprint density at radius 3 is 2.12 bits per heavy atom. The van der Waals surface area contributed by atoms with Crippen molar-refractivity contribution >= 4 is 12.4 Å². The quantitative estimate of drug-likeness (QED) is 0.907. The molecule has 98 valence electrons. The molecule has 0 spiro atoms. The van der Waals surface area contributed by atoms with Crippen LogP contribution in [0, 0.1) is 5.41 Å². The first-order valence-electron chi connectivity index (χ1n) is 5.37. The van der Waals surface area contributed by atoms with Crippen LogP contribution in [0.2, 0.25) is 0 Å². The van der Waals surface area contributed by atoms with Crippen LogP contribution in [0.25, 0.3) is 0 Å². The number of methoxy groups -OCH3 is 2. The molecule has 3 nitrogen and oxygen atoms in total. The standard InChI is InChI=1S/C13H21NO2.ClH/c1-13(2,3)12(14)10-8-9(15-4)6-7-11(10)16-5;/h6-8,12H,14H2,1-5H3;1H/t12-;/m1./s1. The number of hydrogen-bond donors (Lipinski definition) is 1. The Kier molecular flexibility index (Phi) is 5.79. The van der Waals surface area contributed by atoms with Gasteiger partial charge >= 0.3 is 0 Å². The summed E-state index contributed by atoms with van der Waals surface area (Å²) >= 11 is 0. The van der Waals surface area contributed by atoms with Crippen LogP contribution >= 0.6 is 12.4 Å². The normalized spacial score (nSPS) is 12.6. The molecule has 0 aromatic heterocycles. The van der Waals surface area contributed by atoms with E-state index in [1.807, 2.05) is 18.2 Å². The van der Waals surface area contributed by atoms with E-state index >= 15 is 0 Å². The summed E-state index contributed by atoms with van der Waals surface area (Å²) in [7, 11) is 3.30. The molecule has 0 saturated carbocycles. The van der Waals surface area contributed by atoms with Crippen LogP contribution in [-0.2, 0) is 0 Å². The van der Waals surface area contributed by atoms with Crippen molar-refractivity contribution in [3.8, 4) is 11.5 Å². The summed E-state index contributed by atoms with van der Waals surface area (Å²) in [6, 6.07) is 5.62. The van der Waals surface area contributed by atoms with Crippen LogP contribution < -0.4 is 15.2 Å². The Balaban J connectivity index is 0.00000256. The van der Waals surface area contributed by atoms with E-state index in [0.717, 1.165) is 17.1 Å². The third kappa shape index (κ3) is 3.79. The minimum atomic E-state index is -0.0856. The van der Waals surface area contributed by atoms with Crippen LogP contribution in [0.1, 0.15) is 32.4 Å². The van der Waals surface area contributed by atoms with Gasteiger partial charge in [-0.2, -0.15) is 0 Å². The Hall–Kier alpha value is -0.930. The van der Waals surface area contributed by atoms with Crippen LogP contribution in [0.4, 0.5) is 0 Å². The lowest BCUT2D eigenvalue weighted by Gasteiger charge is -2.28. The van der Waals surface area contributed by atoms with Gasteiger partial charge in [-0.1, -0.05) is 20.8 Å². The van der Waals surface area contributed by atoms with Crippen molar-refractivity contribution in [1.82, 2.24) is 0 Å². The summed E-state index contributed by atoms with van der Waals surface area (Å²) in [6.45, 7) is 6.32. The highest BCUT2D eigenvalue weighted by Crippen LogP contribution is 2.37. The SMILES string of the molecule is COc1ccc(OC)c([C@@H](N)C(C)(C)C)c1.Cl. The lowest BCUT2D eigenvalue weighted by Crippen LogP contribution is -2.26. The van der Waals surface area contributed by atoms with Gasteiger partial charge in [0.1, 0.15) is 11.5 Å². The third-order valence-electron chi connectivity index (χ3n) is 2.70. The summed E-state index contributed by atoms with van der Waals surface area (Å²) in [6.07, 6.45) is 0. The maximum atomic E-state index is 6.24. The van der Waals surface area contributed by atoms with Gasteiger partial charge in [-0.3, -0.25) is 0 Å². The average molecular weight is 260 g/mol. The van der Waals surface area contributed by atoms with Crippen molar-refractivity contribution in [3.05, 3.63) is 23.8 Å². The average Bonchev–Trinajstić information content (AvgIpc) is 2.25. The van der Waals surface area contributed by atoms with Gasteiger partial charge in [0, 0.05) is 11.6 Å². The molecular formula is C13H22ClNO2.